The highest BCUT2D eigenvalue weighted by molar-refractivity contribution is 14.1. The highest BCUT2D eigenvalue weighted by Gasteiger charge is 2.33. The third-order valence-corrected chi connectivity index (χ3v) is 4.79. The number of carboxylic acid groups (broad SMARTS) is 1. The number of nitrogens with zero attached hydrogens (tertiary/aromatic N) is 1. The van der Waals surface area contributed by atoms with Gasteiger partial charge in [0.15, 0.2) is 18.1 Å². The molecule has 7 nitrogen and oxygen atoms in total. The fraction of sp³-hybridized carbons (Fsp3) is 0.267. The minimum absolute atomic E-state index is 0.295. The second-order valence-corrected chi connectivity index (χ2v) is 6.80. The lowest BCUT2D eigenvalue weighted by atomic mass is 10.2. The molecule has 128 valence electrons. The molecule has 1 saturated heterocycles. The summed E-state index contributed by atoms with van der Waals surface area (Å²) in [7, 11) is 1.44. The maximum absolute atomic E-state index is 12.1. The topological polar surface area (TPSA) is 93.1 Å². The summed E-state index contributed by atoms with van der Waals surface area (Å²) in [5.74, 6) is -0.749. The Morgan fingerprint density at radius 3 is 2.67 bits per heavy atom. The molecular weight excluding hydrogens is 449 g/mol. The van der Waals surface area contributed by atoms with E-state index in [0.29, 0.717) is 32.1 Å². The van der Waals surface area contributed by atoms with E-state index in [0.717, 1.165) is 11.8 Å². The number of hydrogen-bond donors (Lipinski definition) is 1. The molecule has 0 aliphatic carbocycles. The molecule has 0 unspecified atom stereocenters. The zero-order valence-electron chi connectivity index (χ0n) is 12.9. The Balaban J connectivity index is 2.34. The number of halogens is 1. The molecule has 0 bridgehead atoms. The zero-order chi connectivity index (χ0) is 17.9. The molecule has 0 aromatic heterocycles. The van der Waals surface area contributed by atoms with E-state index < -0.39 is 12.6 Å². The van der Waals surface area contributed by atoms with Crippen LogP contribution in [0.15, 0.2) is 17.0 Å². The molecule has 1 N–H and O–H groups in total. The van der Waals surface area contributed by atoms with Crippen LogP contribution in [0.2, 0.25) is 0 Å². The van der Waals surface area contributed by atoms with Gasteiger partial charge in [0, 0.05) is 6.54 Å². The maximum Gasteiger partial charge on any atom is 0.341 e. The van der Waals surface area contributed by atoms with E-state index in [4.69, 9.17) is 14.6 Å². The molecule has 24 heavy (non-hydrogen) atoms. The number of thioether (sulfide) groups is 1. The first-order valence-corrected chi connectivity index (χ1v) is 8.74. The standard InChI is InChI=1S/C15H14INO6S/c1-3-17-14(20)11(24-15(17)21)6-8-4-9(16)13(10(5-8)22-2)23-7-12(18)19/h4-6H,3,7H2,1-2H3,(H,18,19)/b11-6+. The van der Waals surface area contributed by atoms with Crippen LogP contribution in [-0.4, -0.2) is 47.4 Å². The Morgan fingerprint density at radius 2 is 2.12 bits per heavy atom. The van der Waals surface area contributed by atoms with Crippen molar-refractivity contribution in [1.29, 1.82) is 0 Å². The highest BCUT2D eigenvalue weighted by atomic mass is 127. The summed E-state index contributed by atoms with van der Waals surface area (Å²) in [4.78, 5) is 36.0. The van der Waals surface area contributed by atoms with Crippen molar-refractivity contribution in [2.45, 2.75) is 6.92 Å². The predicted octanol–water partition coefficient (Wildman–Crippen LogP) is 2.82. The molecule has 0 radical (unpaired) electrons. The molecule has 0 spiro atoms. The molecule has 0 atom stereocenters. The predicted molar refractivity (Wildman–Crippen MR) is 97.2 cm³/mol. The van der Waals surface area contributed by atoms with Gasteiger partial charge in [0.05, 0.1) is 15.6 Å². The second kappa shape index (κ2) is 7.88. The van der Waals surface area contributed by atoms with Crippen molar-refractivity contribution in [3.63, 3.8) is 0 Å². The summed E-state index contributed by atoms with van der Waals surface area (Å²) in [6, 6.07) is 3.35. The number of aliphatic carboxylic acids is 1. The lowest BCUT2D eigenvalue weighted by Gasteiger charge is -2.12. The lowest BCUT2D eigenvalue weighted by Crippen LogP contribution is -2.27. The Bertz CT molecular complexity index is 733. The normalized spacial score (nSPS) is 16.0. The number of methoxy groups -OCH3 is 1. The molecule has 1 heterocycles. The first kappa shape index (κ1) is 18.6. The molecule has 9 heteroatoms. The minimum Gasteiger partial charge on any atom is -0.493 e. The van der Waals surface area contributed by atoms with Crippen molar-refractivity contribution in [3.05, 3.63) is 26.2 Å². The molecule has 2 rings (SSSR count). The van der Waals surface area contributed by atoms with Crippen LogP contribution in [0.1, 0.15) is 12.5 Å². The first-order valence-electron chi connectivity index (χ1n) is 6.84. The number of carboxylic acids is 1. The van der Waals surface area contributed by atoms with Gasteiger partial charge >= 0.3 is 5.97 Å². The van der Waals surface area contributed by atoms with E-state index in [-0.39, 0.29) is 11.1 Å². The molecule has 1 aliphatic heterocycles. The van der Waals surface area contributed by atoms with Crippen LogP contribution in [0.4, 0.5) is 4.79 Å². The van der Waals surface area contributed by atoms with Gasteiger partial charge in [-0.1, -0.05) is 0 Å². The van der Waals surface area contributed by atoms with Gasteiger partial charge in [-0.2, -0.15) is 0 Å². The molecule has 2 amide bonds. The number of amides is 2. The van der Waals surface area contributed by atoms with Crippen molar-refractivity contribution in [2.75, 3.05) is 20.3 Å². The fourth-order valence-electron chi connectivity index (χ4n) is 2.02. The Morgan fingerprint density at radius 1 is 1.42 bits per heavy atom. The number of likely N-dealkylation sites (N-methyl/N-ethyl adjacent to an activating group) is 1. The van der Waals surface area contributed by atoms with Crippen molar-refractivity contribution in [3.8, 4) is 11.5 Å². The van der Waals surface area contributed by atoms with Gasteiger partial charge in [0.2, 0.25) is 0 Å². The number of ether oxygens (including phenoxy) is 2. The quantitative estimate of drug-likeness (QED) is 0.513. The molecule has 1 aliphatic rings. The van der Waals surface area contributed by atoms with Gasteiger partial charge in [-0.3, -0.25) is 14.5 Å². The molecule has 1 fully saturated rings. The van der Waals surface area contributed by atoms with Crippen LogP contribution in [0.25, 0.3) is 6.08 Å². The average molecular weight is 463 g/mol. The monoisotopic (exact) mass is 463 g/mol. The largest absolute Gasteiger partial charge is 0.493 e. The summed E-state index contributed by atoms with van der Waals surface area (Å²) in [6.07, 6.45) is 1.60. The Labute approximate surface area is 156 Å². The average Bonchev–Trinajstić information content (AvgIpc) is 2.79. The van der Waals surface area contributed by atoms with E-state index in [1.165, 1.54) is 12.0 Å². The summed E-state index contributed by atoms with van der Waals surface area (Å²) >= 11 is 2.88. The smallest absolute Gasteiger partial charge is 0.341 e. The fourth-order valence-corrected chi connectivity index (χ4v) is 3.71. The molecule has 0 saturated carbocycles. The van der Waals surface area contributed by atoms with Crippen LogP contribution < -0.4 is 9.47 Å². The lowest BCUT2D eigenvalue weighted by molar-refractivity contribution is -0.139. The minimum atomic E-state index is -1.09. The maximum atomic E-state index is 12.1. The number of hydrogen-bond acceptors (Lipinski definition) is 6. The third-order valence-electron chi connectivity index (χ3n) is 3.08. The van der Waals surface area contributed by atoms with Crippen molar-refractivity contribution >= 4 is 57.5 Å². The Hall–Kier alpha value is -1.75. The number of carbonyl (C=O) groups excluding carboxylic acids is 2. The van der Waals surface area contributed by atoms with E-state index in [1.54, 1.807) is 25.1 Å². The van der Waals surface area contributed by atoms with Crippen LogP contribution in [0, 0.1) is 3.57 Å². The summed E-state index contributed by atoms with van der Waals surface area (Å²) < 4.78 is 11.1. The van der Waals surface area contributed by atoms with Crippen molar-refractivity contribution in [2.24, 2.45) is 0 Å². The second-order valence-electron chi connectivity index (χ2n) is 4.64. The third kappa shape index (κ3) is 4.01. The SMILES string of the molecule is CCN1C(=O)S/C(=C/c2cc(I)c(OCC(=O)O)c(OC)c2)C1=O. The summed E-state index contributed by atoms with van der Waals surface area (Å²) in [5.41, 5.74) is 0.653. The van der Waals surface area contributed by atoms with Gasteiger partial charge in [-0.15, -0.1) is 0 Å². The number of imide groups is 1. The molecule has 1 aromatic carbocycles. The van der Waals surface area contributed by atoms with Crippen molar-refractivity contribution in [1.82, 2.24) is 4.90 Å². The van der Waals surface area contributed by atoms with Gasteiger partial charge in [0.25, 0.3) is 11.1 Å². The van der Waals surface area contributed by atoms with Gasteiger partial charge in [-0.05, 0) is 65.0 Å². The number of rotatable bonds is 6. The van der Waals surface area contributed by atoms with Crippen LogP contribution in [0.5, 0.6) is 11.5 Å². The zero-order valence-corrected chi connectivity index (χ0v) is 15.8. The van der Waals surface area contributed by atoms with E-state index in [9.17, 15) is 14.4 Å². The van der Waals surface area contributed by atoms with Crippen molar-refractivity contribution < 1.29 is 29.0 Å². The summed E-state index contributed by atoms with van der Waals surface area (Å²) in [5, 5.41) is 8.43. The van der Waals surface area contributed by atoms with Gasteiger partial charge < -0.3 is 14.6 Å². The van der Waals surface area contributed by atoms with Gasteiger partial charge in [0.1, 0.15) is 0 Å². The number of benzene rings is 1. The van der Waals surface area contributed by atoms with Crippen LogP contribution in [0.3, 0.4) is 0 Å². The van der Waals surface area contributed by atoms with Crippen LogP contribution in [-0.2, 0) is 9.59 Å². The van der Waals surface area contributed by atoms with Gasteiger partial charge in [-0.25, -0.2) is 4.79 Å². The highest BCUT2D eigenvalue weighted by Crippen LogP contribution is 2.37. The van der Waals surface area contributed by atoms with E-state index in [2.05, 4.69) is 0 Å². The first-order chi connectivity index (χ1) is 11.4. The Kier molecular flexibility index (Phi) is 6.10. The summed E-state index contributed by atoms with van der Waals surface area (Å²) in [6.45, 7) is 1.58. The van der Waals surface area contributed by atoms with E-state index >= 15 is 0 Å². The van der Waals surface area contributed by atoms with Crippen LogP contribution >= 0.6 is 34.4 Å². The number of carbonyl (C=O) groups is 3. The van der Waals surface area contributed by atoms with E-state index in [1.807, 2.05) is 22.6 Å². The molecular formula is C15H14INO6S. The molecule has 1 aromatic rings.